The van der Waals surface area contributed by atoms with Crippen LogP contribution in [-0.2, 0) is 0 Å². The van der Waals surface area contributed by atoms with E-state index in [4.69, 9.17) is 0 Å². The van der Waals surface area contributed by atoms with E-state index in [0.29, 0.717) is 11.0 Å². The molecule has 0 saturated heterocycles. The summed E-state index contributed by atoms with van der Waals surface area (Å²) in [6, 6.07) is -0.134. The van der Waals surface area contributed by atoms with Gasteiger partial charge in [0.2, 0.25) is 0 Å². The summed E-state index contributed by atoms with van der Waals surface area (Å²) in [6.45, 7) is 2.71. The minimum atomic E-state index is -0.134. The van der Waals surface area contributed by atoms with Crippen LogP contribution in [0.3, 0.4) is 0 Å². The molecule has 0 aromatic carbocycles. The average Bonchev–Trinajstić information content (AvgIpc) is 2.73. The van der Waals surface area contributed by atoms with E-state index in [1.165, 1.54) is 43.4 Å². The number of hydrogen-bond acceptors (Lipinski definition) is 3. The number of carbonyl (C=O) groups excluding carboxylic acids is 1. The maximum atomic E-state index is 11.6. The highest BCUT2D eigenvalue weighted by Crippen LogP contribution is 2.22. The Bertz CT molecular complexity index is 372. The minimum absolute atomic E-state index is 0.134. The topological polar surface area (TPSA) is 54.0 Å². The Morgan fingerprint density at radius 3 is 2.88 bits per heavy atom. The molecule has 0 spiro atoms. The van der Waals surface area contributed by atoms with Crippen LogP contribution in [0.1, 0.15) is 37.8 Å². The highest BCUT2D eigenvalue weighted by atomic mass is 32.1. The van der Waals surface area contributed by atoms with E-state index in [1.807, 2.05) is 12.3 Å². The molecule has 0 radical (unpaired) electrons. The summed E-state index contributed by atoms with van der Waals surface area (Å²) < 4.78 is 0. The third-order valence-electron chi connectivity index (χ3n) is 3.12. The molecule has 4 nitrogen and oxygen atoms in total. The summed E-state index contributed by atoms with van der Waals surface area (Å²) in [5, 5.41) is 8.28. The number of urea groups is 1. The molecule has 2 amide bonds. The van der Waals surface area contributed by atoms with Crippen LogP contribution in [0.15, 0.2) is 5.38 Å². The van der Waals surface area contributed by atoms with Gasteiger partial charge < -0.3 is 5.32 Å². The molecule has 1 fully saturated rings. The Morgan fingerprint density at radius 2 is 2.24 bits per heavy atom. The number of nitrogens with zero attached hydrogens (tertiary/aromatic N) is 1. The van der Waals surface area contributed by atoms with Gasteiger partial charge in [0.15, 0.2) is 5.13 Å². The normalized spacial score (nSPS) is 16.8. The maximum absolute atomic E-state index is 11.6. The molecule has 1 saturated carbocycles. The lowest BCUT2D eigenvalue weighted by molar-refractivity contribution is 0.247. The molecule has 2 rings (SSSR count). The second-order valence-corrected chi connectivity index (χ2v) is 5.49. The number of aromatic nitrogens is 1. The van der Waals surface area contributed by atoms with Crippen molar-refractivity contribution < 1.29 is 4.79 Å². The molecular weight excluding hydrogens is 234 g/mol. The molecule has 0 bridgehead atoms. The Hall–Kier alpha value is -1.10. The zero-order chi connectivity index (χ0) is 12.1. The first-order valence-electron chi connectivity index (χ1n) is 6.21. The smallest absolute Gasteiger partial charge is 0.321 e. The van der Waals surface area contributed by atoms with Gasteiger partial charge in [-0.3, -0.25) is 5.32 Å². The van der Waals surface area contributed by atoms with Gasteiger partial charge in [-0.05, 0) is 25.7 Å². The van der Waals surface area contributed by atoms with Gasteiger partial charge in [0.25, 0.3) is 0 Å². The number of nitrogens with one attached hydrogen (secondary N) is 2. The Kier molecular flexibility index (Phi) is 4.36. The molecule has 0 atom stereocenters. The van der Waals surface area contributed by atoms with Gasteiger partial charge in [0.1, 0.15) is 0 Å². The van der Waals surface area contributed by atoms with E-state index >= 15 is 0 Å². The van der Waals surface area contributed by atoms with Gasteiger partial charge in [-0.2, -0.15) is 0 Å². The summed E-state index contributed by atoms with van der Waals surface area (Å²) in [6.07, 6.45) is 6.45. The van der Waals surface area contributed by atoms with Crippen LogP contribution in [0.2, 0.25) is 0 Å². The number of aryl methyl sites for hydroxylation is 1. The van der Waals surface area contributed by atoms with Gasteiger partial charge in [-0.15, -0.1) is 11.3 Å². The molecule has 1 aromatic heterocycles. The zero-order valence-electron chi connectivity index (χ0n) is 10.2. The summed E-state index contributed by atoms with van der Waals surface area (Å²) in [5.41, 5.74) is 0.942. The van der Waals surface area contributed by atoms with E-state index in [0.717, 1.165) is 12.2 Å². The quantitative estimate of drug-likeness (QED) is 0.869. The van der Waals surface area contributed by atoms with Crippen molar-refractivity contribution in [2.24, 2.45) is 5.92 Å². The van der Waals surface area contributed by atoms with Crippen LogP contribution in [0.25, 0.3) is 0 Å². The number of thiazole rings is 1. The third-order valence-corrected chi connectivity index (χ3v) is 3.99. The van der Waals surface area contributed by atoms with Gasteiger partial charge in [-0.1, -0.05) is 19.3 Å². The Labute approximate surface area is 106 Å². The second kappa shape index (κ2) is 6.00. The zero-order valence-corrected chi connectivity index (χ0v) is 11.0. The van der Waals surface area contributed by atoms with Crippen molar-refractivity contribution in [1.82, 2.24) is 10.3 Å². The van der Waals surface area contributed by atoms with Crippen molar-refractivity contribution in [3.8, 4) is 0 Å². The van der Waals surface area contributed by atoms with Gasteiger partial charge in [0, 0.05) is 11.9 Å². The van der Waals surface area contributed by atoms with E-state index < -0.39 is 0 Å². The number of amides is 2. The Balaban J connectivity index is 1.70. The monoisotopic (exact) mass is 253 g/mol. The summed E-state index contributed by atoms with van der Waals surface area (Å²) >= 11 is 1.46. The molecule has 17 heavy (non-hydrogen) atoms. The number of hydrogen-bond donors (Lipinski definition) is 2. The first kappa shape index (κ1) is 12.4. The standard InChI is InChI=1S/C12H19N3OS/c1-9-8-17-12(14-9)15-11(16)13-7-10-5-3-2-4-6-10/h8,10H,2-7H2,1H3,(H2,13,14,15,16). The molecule has 0 unspecified atom stereocenters. The number of anilines is 1. The summed E-state index contributed by atoms with van der Waals surface area (Å²) in [4.78, 5) is 15.8. The van der Waals surface area contributed by atoms with Gasteiger partial charge in [0.05, 0.1) is 5.69 Å². The maximum Gasteiger partial charge on any atom is 0.321 e. The highest BCUT2D eigenvalue weighted by Gasteiger charge is 2.14. The molecule has 5 heteroatoms. The van der Waals surface area contributed by atoms with Crippen LogP contribution in [-0.4, -0.2) is 17.6 Å². The van der Waals surface area contributed by atoms with Crippen LogP contribution in [0.5, 0.6) is 0 Å². The highest BCUT2D eigenvalue weighted by molar-refractivity contribution is 7.13. The average molecular weight is 253 g/mol. The molecule has 1 heterocycles. The predicted octanol–water partition coefficient (Wildman–Crippen LogP) is 3.15. The van der Waals surface area contributed by atoms with Crippen LogP contribution < -0.4 is 10.6 Å². The molecule has 1 aromatic rings. The SMILES string of the molecule is Cc1csc(NC(=O)NCC2CCCCC2)n1. The lowest BCUT2D eigenvalue weighted by Crippen LogP contribution is -2.33. The minimum Gasteiger partial charge on any atom is -0.338 e. The van der Waals surface area contributed by atoms with Crippen molar-refractivity contribution in [2.75, 3.05) is 11.9 Å². The van der Waals surface area contributed by atoms with E-state index in [-0.39, 0.29) is 6.03 Å². The first-order valence-corrected chi connectivity index (χ1v) is 7.09. The van der Waals surface area contributed by atoms with Gasteiger partial charge >= 0.3 is 6.03 Å². The van der Waals surface area contributed by atoms with Gasteiger partial charge in [-0.25, -0.2) is 9.78 Å². The number of rotatable bonds is 3. The first-order chi connectivity index (χ1) is 8.24. The molecule has 1 aliphatic rings. The van der Waals surface area contributed by atoms with Crippen LogP contribution in [0, 0.1) is 12.8 Å². The van der Waals surface area contributed by atoms with Crippen molar-refractivity contribution >= 4 is 22.5 Å². The molecule has 94 valence electrons. The summed E-state index contributed by atoms with van der Waals surface area (Å²) in [7, 11) is 0. The Morgan fingerprint density at radius 1 is 1.47 bits per heavy atom. The largest absolute Gasteiger partial charge is 0.338 e. The van der Waals surface area contributed by atoms with Crippen LogP contribution in [0.4, 0.5) is 9.93 Å². The van der Waals surface area contributed by atoms with Crippen molar-refractivity contribution in [3.63, 3.8) is 0 Å². The molecule has 2 N–H and O–H groups in total. The van der Waals surface area contributed by atoms with E-state index in [9.17, 15) is 4.79 Å². The lowest BCUT2D eigenvalue weighted by atomic mass is 9.89. The van der Waals surface area contributed by atoms with Crippen molar-refractivity contribution in [3.05, 3.63) is 11.1 Å². The van der Waals surface area contributed by atoms with Crippen molar-refractivity contribution in [2.45, 2.75) is 39.0 Å². The molecule has 1 aliphatic carbocycles. The van der Waals surface area contributed by atoms with E-state index in [1.54, 1.807) is 0 Å². The fraction of sp³-hybridized carbons (Fsp3) is 0.667. The van der Waals surface area contributed by atoms with E-state index in [2.05, 4.69) is 15.6 Å². The fourth-order valence-corrected chi connectivity index (χ4v) is 2.86. The number of carbonyl (C=O) groups is 1. The predicted molar refractivity (Wildman–Crippen MR) is 70.4 cm³/mol. The lowest BCUT2D eigenvalue weighted by Gasteiger charge is -2.21. The molecule has 0 aliphatic heterocycles. The summed E-state index contributed by atoms with van der Waals surface area (Å²) in [5.74, 6) is 0.660. The fourth-order valence-electron chi connectivity index (χ4n) is 2.18. The third kappa shape index (κ3) is 4.00. The molecular formula is C12H19N3OS. The second-order valence-electron chi connectivity index (χ2n) is 4.63. The van der Waals surface area contributed by atoms with Crippen molar-refractivity contribution in [1.29, 1.82) is 0 Å². The van der Waals surface area contributed by atoms with Crippen LogP contribution >= 0.6 is 11.3 Å².